The fraction of sp³-hybridized carbons (Fsp3) is 0.308. The van der Waals surface area contributed by atoms with Gasteiger partial charge in [-0.2, -0.15) is 4.39 Å². The van der Waals surface area contributed by atoms with Gasteiger partial charge in [-0.3, -0.25) is 0 Å². The Balaban J connectivity index is 1.60. The van der Waals surface area contributed by atoms with E-state index in [2.05, 4.69) is 23.6 Å². The highest BCUT2D eigenvalue weighted by Crippen LogP contribution is 2.39. The molecule has 0 fully saturated rings. The largest absolute Gasteiger partial charge is 0.479 e. The van der Waals surface area contributed by atoms with Gasteiger partial charge < -0.3 is 9.84 Å². The van der Waals surface area contributed by atoms with Gasteiger partial charge in [-0.25, -0.2) is 27.3 Å². The third-order valence-electron chi connectivity index (χ3n) is 6.14. The number of ether oxygens (including phenoxy) is 1. The van der Waals surface area contributed by atoms with Gasteiger partial charge in [0.25, 0.3) is 10.0 Å². The van der Waals surface area contributed by atoms with Crippen LogP contribution in [0.5, 0.6) is 5.75 Å². The first kappa shape index (κ1) is 25.7. The molecule has 3 aromatic rings. The zero-order valence-corrected chi connectivity index (χ0v) is 20.6. The molecule has 0 spiro atoms. The molecule has 0 saturated heterocycles. The van der Waals surface area contributed by atoms with Crippen LogP contribution in [0.25, 0.3) is 11.1 Å². The molecule has 10 heteroatoms. The molecule has 0 saturated carbocycles. The van der Waals surface area contributed by atoms with Gasteiger partial charge in [-0.05, 0) is 60.1 Å². The maximum atomic E-state index is 14.4. The van der Waals surface area contributed by atoms with Crippen molar-refractivity contribution in [1.29, 1.82) is 0 Å². The monoisotopic (exact) mass is 516 g/mol. The first-order valence-corrected chi connectivity index (χ1v) is 13.0. The highest BCUT2D eigenvalue weighted by Gasteiger charge is 2.31. The van der Waals surface area contributed by atoms with Crippen molar-refractivity contribution in [2.24, 2.45) is 0 Å². The molecular formula is C26H26F2N2O5S. The molecule has 1 atom stereocenters. The number of rotatable bonds is 8. The highest BCUT2D eigenvalue weighted by atomic mass is 32.2. The van der Waals surface area contributed by atoms with Gasteiger partial charge in [0.2, 0.25) is 5.82 Å². The number of aromatic nitrogens is 1. The van der Waals surface area contributed by atoms with E-state index in [0.29, 0.717) is 25.2 Å². The van der Waals surface area contributed by atoms with Crippen molar-refractivity contribution in [2.75, 3.05) is 6.61 Å². The Morgan fingerprint density at radius 2 is 1.97 bits per heavy atom. The van der Waals surface area contributed by atoms with E-state index >= 15 is 0 Å². The molecule has 2 N–H and O–H groups in total. The lowest BCUT2D eigenvalue weighted by atomic mass is 9.87. The topological polar surface area (TPSA) is 106 Å². The van der Waals surface area contributed by atoms with Crippen LogP contribution in [0.3, 0.4) is 0 Å². The predicted octanol–water partition coefficient (Wildman–Crippen LogP) is 4.97. The standard InChI is InChI=1S/C26H26F2N2O5S/c1-15(2)16-5-3-6-17(11-16)18-9-10-23(29-13-18)36(33,34)30-22-8-4-7-19-20(22)12-21(27)25(28)26(19)35-14-24(31)32/h3,5-6,9-13,15,22,30H,4,7-8,14H2,1-2H3,(H,31,32). The van der Waals surface area contributed by atoms with Gasteiger partial charge in [0.05, 0.1) is 0 Å². The number of benzene rings is 2. The molecular weight excluding hydrogens is 490 g/mol. The zero-order valence-electron chi connectivity index (χ0n) is 19.8. The van der Waals surface area contributed by atoms with Crippen molar-refractivity contribution >= 4 is 16.0 Å². The van der Waals surface area contributed by atoms with Gasteiger partial charge >= 0.3 is 5.97 Å². The number of hydrogen-bond acceptors (Lipinski definition) is 5. The maximum absolute atomic E-state index is 14.4. The van der Waals surface area contributed by atoms with Crippen LogP contribution in [-0.2, 0) is 21.2 Å². The van der Waals surface area contributed by atoms with E-state index in [4.69, 9.17) is 9.84 Å². The zero-order chi connectivity index (χ0) is 26.0. The Labute approximate surface area is 208 Å². The van der Waals surface area contributed by atoms with Crippen LogP contribution in [0.1, 0.15) is 55.3 Å². The summed E-state index contributed by atoms with van der Waals surface area (Å²) in [6.45, 7) is 3.33. The molecule has 1 heterocycles. The summed E-state index contributed by atoms with van der Waals surface area (Å²) in [6, 6.07) is 11.1. The molecule has 0 bridgehead atoms. The minimum Gasteiger partial charge on any atom is -0.479 e. The van der Waals surface area contributed by atoms with Crippen molar-refractivity contribution in [3.63, 3.8) is 0 Å². The number of nitrogens with one attached hydrogen (secondary N) is 1. The molecule has 1 aliphatic carbocycles. The number of sulfonamides is 1. The fourth-order valence-corrected chi connectivity index (χ4v) is 5.49. The SMILES string of the molecule is CC(C)c1cccc(-c2ccc(S(=O)(=O)NC3CCCc4c3cc(F)c(F)c4OCC(=O)O)nc2)c1. The Hall–Kier alpha value is -3.37. The minimum absolute atomic E-state index is 0.205. The average Bonchev–Trinajstić information content (AvgIpc) is 2.85. The lowest BCUT2D eigenvalue weighted by Crippen LogP contribution is -2.32. The Morgan fingerprint density at radius 3 is 2.64 bits per heavy atom. The number of pyridine rings is 1. The molecule has 0 radical (unpaired) electrons. The van der Waals surface area contributed by atoms with E-state index < -0.39 is 46.0 Å². The summed E-state index contributed by atoms with van der Waals surface area (Å²) < 4.78 is 62.4. The molecule has 1 aliphatic rings. The molecule has 2 aromatic carbocycles. The Kier molecular flexibility index (Phi) is 7.37. The van der Waals surface area contributed by atoms with Crippen LogP contribution in [0.4, 0.5) is 8.78 Å². The van der Waals surface area contributed by atoms with Crippen LogP contribution >= 0.6 is 0 Å². The second-order valence-electron chi connectivity index (χ2n) is 8.98. The lowest BCUT2D eigenvalue weighted by molar-refractivity contribution is -0.139. The summed E-state index contributed by atoms with van der Waals surface area (Å²) in [5.74, 6) is -4.04. The first-order valence-electron chi connectivity index (χ1n) is 11.5. The predicted molar refractivity (Wildman–Crippen MR) is 129 cm³/mol. The second-order valence-corrected chi connectivity index (χ2v) is 10.6. The van der Waals surface area contributed by atoms with Gasteiger partial charge in [-0.15, -0.1) is 0 Å². The molecule has 0 amide bonds. The van der Waals surface area contributed by atoms with Crippen LogP contribution < -0.4 is 9.46 Å². The van der Waals surface area contributed by atoms with Crippen molar-refractivity contribution in [2.45, 2.75) is 50.1 Å². The number of hydrogen-bond donors (Lipinski definition) is 2. The summed E-state index contributed by atoms with van der Waals surface area (Å²) in [5.41, 5.74) is 3.29. The minimum atomic E-state index is -4.10. The number of fused-ring (bicyclic) bond motifs is 1. The van der Waals surface area contributed by atoms with Gasteiger partial charge in [0, 0.05) is 23.4 Å². The van der Waals surface area contributed by atoms with Crippen molar-refractivity contribution in [3.05, 3.63) is 77.0 Å². The smallest absolute Gasteiger partial charge is 0.341 e. The summed E-state index contributed by atoms with van der Waals surface area (Å²) in [5, 5.41) is 8.65. The maximum Gasteiger partial charge on any atom is 0.341 e. The summed E-state index contributed by atoms with van der Waals surface area (Å²) >= 11 is 0. The van der Waals surface area contributed by atoms with Gasteiger partial charge in [0.15, 0.2) is 23.2 Å². The van der Waals surface area contributed by atoms with E-state index in [9.17, 15) is 22.0 Å². The molecule has 1 unspecified atom stereocenters. The van der Waals surface area contributed by atoms with Crippen molar-refractivity contribution < 1.29 is 31.8 Å². The van der Waals surface area contributed by atoms with E-state index in [1.807, 2.05) is 24.3 Å². The highest BCUT2D eigenvalue weighted by molar-refractivity contribution is 7.89. The summed E-state index contributed by atoms with van der Waals surface area (Å²) in [4.78, 5) is 15.0. The fourth-order valence-electron chi connectivity index (χ4n) is 4.31. The van der Waals surface area contributed by atoms with E-state index in [-0.39, 0.29) is 16.2 Å². The first-order chi connectivity index (χ1) is 17.1. The molecule has 190 valence electrons. The summed E-state index contributed by atoms with van der Waals surface area (Å²) in [6.07, 6.45) is 2.58. The second kappa shape index (κ2) is 10.3. The molecule has 1 aromatic heterocycles. The third-order valence-corrected chi connectivity index (χ3v) is 7.53. The molecule has 4 rings (SSSR count). The van der Waals surface area contributed by atoms with Crippen LogP contribution in [-0.4, -0.2) is 31.1 Å². The number of halogens is 2. The quantitative estimate of drug-likeness (QED) is 0.438. The van der Waals surface area contributed by atoms with Crippen molar-refractivity contribution in [3.8, 4) is 16.9 Å². The van der Waals surface area contributed by atoms with E-state index in [1.54, 1.807) is 6.07 Å². The normalized spacial score (nSPS) is 15.5. The average molecular weight is 517 g/mol. The van der Waals surface area contributed by atoms with E-state index in [1.165, 1.54) is 12.3 Å². The van der Waals surface area contributed by atoms with Crippen LogP contribution in [0.2, 0.25) is 0 Å². The third kappa shape index (κ3) is 5.39. The van der Waals surface area contributed by atoms with E-state index in [0.717, 1.165) is 22.8 Å². The molecule has 36 heavy (non-hydrogen) atoms. The summed E-state index contributed by atoms with van der Waals surface area (Å²) in [7, 11) is -4.10. The molecule has 7 nitrogen and oxygen atoms in total. The van der Waals surface area contributed by atoms with Crippen molar-refractivity contribution in [1.82, 2.24) is 9.71 Å². The number of carboxylic acid groups (broad SMARTS) is 1. The molecule has 0 aliphatic heterocycles. The van der Waals surface area contributed by atoms with Crippen LogP contribution in [0.15, 0.2) is 53.7 Å². The number of carboxylic acids is 1. The number of nitrogens with zero attached hydrogens (tertiary/aromatic N) is 1. The number of aliphatic carboxylic acids is 1. The van der Waals surface area contributed by atoms with Crippen LogP contribution in [0, 0.1) is 11.6 Å². The Bertz CT molecular complexity index is 1390. The Morgan fingerprint density at radius 1 is 1.19 bits per heavy atom. The number of carbonyl (C=O) groups is 1. The lowest BCUT2D eigenvalue weighted by Gasteiger charge is -2.28. The van der Waals surface area contributed by atoms with Gasteiger partial charge in [-0.1, -0.05) is 38.1 Å². The van der Waals surface area contributed by atoms with Gasteiger partial charge in [0.1, 0.15) is 0 Å².